The number of ether oxygens (including phenoxy) is 1. The van der Waals surface area contributed by atoms with E-state index in [1.807, 2.05) is 18.7 Å². The van der Waals surface area contributed by atoms with Gasteiger partial charge in [-0.25, -0.2) is 4.79 Å². The highest BCUT2D eigenvalue weighted by Crippen LogP contribution is 2.31. The Morgan fingerprint density at radius 1 is 1.37 bits per heavy atom. The largest absolute Gasteiger partial charge is 0.457 e. The van der Waals surface area contributed by atoms with E-state index in [1.54, 1.807) is 18.2 Å². The average Bonchev–Trinajstić information content (AvgIpc) is 3.30. The summed E-state index contributed by atoms with van der Waals surface area (Å²) < 4.78 is 9.20. The molecule has 0 bridgehead atoms. The zero-order valence-corrected chi connectivity index (χ0v) is 17.8. The number of β-amino-alcohol motifs (C(OH)–C–C–N with tert-alkyl or cyclic N) is 1. The molecule has 2 aliphatic rings. The lowest BCUT2D eigenvalue weighted by molar-refractivity contribution is -0.139. The molecule has 0 radical (unpaired) electrons. The molecule has 0 saturated carbocycles. The van der Waals surface area contributed by atoms with Crippen molar-refractivity contribution in [2.75, 3.05) is 25.0 Å². The second-order valence-corrected chi connectivity index (χ2v) is 8.82. The number of aromatic nitrogens is 1. The number of carbonyl (C=O) groups is 2. The van der Waals surface area contributed by atoms with Crippen LogP contribution >= 0.6 is 11.5 Å². The van der Waals surface area contributed by atoms with Gasteiger partial charge in [0.05, 0.1) is 17.4 Å². The standard InChI is InChI=1S/C21H25N3O5S/c1-12-9-18(30-23-12)22-20(27)21(28)5-7-24(8-6-21)10-17(25)14-3-4-15-16(13(14)2)11-29-19(15)26/h3-4,9,17,25,28H,5-8,10-11H2,1-2H3,(H,22,27)/t17-/m0/s1. The highest BCUT2D eigenvalue weighted by molar-refractivity contribution is 7.10. The van der Waals surface area contributed by atoms with Crippen LogP contribution in [-0.4, -0.2) is 56.6 Å². The maximum absolute atomic E-state index is 12.5. The number of fused-ring (bicyclic) bond motifs is 1. The molecule has 1 amide bonds. The summed E-state index contributed by atoms with van der Waals surface area (Å²) in [6, 6.07) is 5.25. The smallest absolute Gasteiger partial charge is 0.338 e. The second kappa shape index (κ2) is 8.07. The van der Waals surface area contributed by atoms with Crippen LogP contribution in [0.1, 0.15) is 51.7 Å². The summed E-state index contributed by atoms with van der Waals surface area (Å²) in [7, 11) is 0. The Morgan fingerprint density at radius 3 is 2.77 bits per heavy atom. The summed E-state index contributed by atoms with van der Waals surface area (Å²) in [5, 5.41) is 24.9. The van der Waals surface area contributed by atoms with E-state index in [2.05, 4.69) is 9.69 Å². The summed E-state index contributed by atoms with van der Waals surface area (Å²) in [5.74, 6) is -0.735. The molecule has 160 valence electrons. The van der Waals surface area contributed by atoms with E-state index in [1.165, 1.54) is 11.5 Å². The Bertz CT molecular complexity index is 981. The van der Waals surface area contributed by atoms with Gasteiger partial charge in [0.2, 0.25) is 0 Å². The topological polar surface area (TPSA) is 112 Å². The van der Waals surface area contributed by atoms with Crippen LogP contribution in [0.4, 0.5) is 5.00 Å². The van der Waals surface area contributed by atoms with Crippen molar-refractivity contribution in [3.05, 3.63) is 46.1 Å². The van der Waals surface area contributed by atoms with Gasteiger partial charge in [-0.15, -0.1) is 0 Å². The number of amides is 1. The van der Waals surface area contributed by atoms with Crippen molar-refractivity contribution in [3.63, 3.8) is 0 Å². The first kappa shape index (κ1) is 20.9. The minimum atomic E-state index is -1.43. The molecule has 1 aromatic heterocycles. The number of aliphatic hydroxyl groups is 2. The number of cyclic esters (lactones) is 1. The lowest BCUT2D eigenvalue weighted by atomic mass is 9.89. The molecule has 1 atom stereocenters. The van der Waals surface area contributed by atoms with Gasteiger partial charge in [-0.05, 0) is 61.5 Å². The molecule has 1 aromatic carbocycles. The average molecular weight is 432 g/mol. The van der Waals surface area contributed by atoms with Gasteiger partial charge in [-0.2, -0.15) is 4.37 Å². The van der Waals surface area contributed by atoms with Gasteiger partial charge < -0.3 is 25.2 Å². The minimum Gasteiger partial charge on any atom is -0.457 e. The van der Waals surface area contributed by atoms with E-state index in [9.17, 15) is 19.8 Å². The monoisotopic (exact) mass is 431 g/mol. The van der Waals surface area contributed by atoms with Gasteiger partial charge in [0.1, 0.15) is 17.2 Å². The van der Waals surface area contributed by atoms with Crippen LogP contribution < -0.4 is 5.32 Å². The van der Waals surface area contributed by atoms with Crippen molar-refractivity contribution in [2.24, 2.45) is 0 Å². The van der Waals surface area contributed by atoms with Crippen LogP contribution in [0.2, 0.25) is 0 Å². The van der Waals surface area contributed by atoms with Crippen molar-refractivity contribution < 1.29 is 24.5 Å². The molecule has 0 unspecified atom stereocenters. The van der Waals surface area contributed by atoms with Crippen molar-refractivity contribution in [1.29, 1.82) is 0 Å². The summed E-state index contributed by atoms with van der Waals surface area (Å²) in [4.78, 5) is 26.3. The summed E-state index contributed by atoms with van der Waals surface area (Å²) in [5.41, 5.74) is 2.43. The number of nitrogens with one attached hydrogen (secondary N) is 1. The number of anilines is 1. The van der Waals surface area contributed by atoms with Crippen molar-refractivity contribution in [2.45, 2.75) is 45.0 Å². The first-order valence-electron chi connectivity index (χ1n) is 9.94. The lowest BCUT2D eigenvalue weighted by Crippen LogP contribution is -2.52. The number of piperidine rings is 1. The number of carbonyl (C=O) groups excluding carboxylic acids is 2. The predicted octanol–water partition coefficient (Wildman–Crippen LogP) is 1.93. The molecule has 3 N–H and O–H groups in total. The van der Waals surface area contributed by atoms with Crippen LogP contribution in [0.5, 0.6) is 0 Å². The number of hydrogen-bond donors (Lipinski definition) is 3. The highest BCUT2D eigenvalue weighted by atomic mass is 32.1. The third-order valence-electron chi connectivity index (χ3n) is 5.97. The number of likely N-dealkylation sites (tertiary alicyclic amines) is 1. The van der Waals surface area contributed by atoms with Crippen molar-refractivity contribution >= 4 is 28.4 Å². The molecule has 1 fully saturated rings. The zero-order chi connectivity index (χ0) is 21.5. The molecular weight excluding hydrogens is 406 g/mol. The van der Waals surface area contributed by atoms with Gasteiger partial charge in [-0.3, -0.25) is 4.79 Å². The van der Waals surface area contributed by atoms with E-state index >= 15 is 0 Å². The molecule has 2 aromatic rings. The first-order chi connectivity index (χ1) is 14.3. The third-order valence-corrected chi connectivity index (χ3v) is 6.76. The van der Waals surface area contributed by atoms with E-state index < -0.39 is 17.6 Å². The molecular formula is C21H25N3O5S. The van der Waals surface area contributed by atoms with Crippen molar-refractivity contribution in [3.8, 4) is 0 Å². The Labute approximate surface area is 178 Å². The molecule has 3 heterocycles. The Hall–Kier alpha value is -2.33. The molecule has 0 spiro atoms. The molecule has 2 aliphatic heterocycles. The van der Waals surface area contributed by atoms with Crippen LogP contribution in [-0.2, 0) is 16.1 Å². The van der Waals surface area contributed by atoms with E-state index in [-0.39, 0.29) is 25.4 Å². The first-order valence-corrected chi connectivity index (χ1v) is 10.7. The number of esters is 1. The normalized spacial score (nSPS) is 19.3. The highest BCUT2D eigenvalue weighted by Gasteiger charge is 2.40. The predicted molar refractivity (Wildman–Crippen MR) is 111 cm³/mol. The number of aryl methyl sites for hydroxylation is 1. The molecule has 4 rings (SSSR count). The molecule has 30 heavy (non-hydrogen) atoms. The fourth-order valence-electron chi connectivity index (χ4n) is 4.05. The van der Waals surface area contributed by atoms with Crippen LogP contribution in [0.15, 0.2) is 18.2 Å². The van der Waals surface area contributed by atoms with Gasteiger partial charge in [-0.1, -0.05) is 6.07 Å². The van der Waals surface area contributed by atoms with Gasteiger partial charge in [0.25, 0.3) is 5.91 Å². The summed E-state index contributed by atoms with van der Waals surface area (Å²) >= 11 is 1.19. The molecule has 0 aliphatic carbocycles. The second-order valence-electron chi connectivity index (χ2n) is 8.02. The number of aliphatic hydroxyl groups excluding tert-OH is 1. The number of benzene rings is 1. The van der Waals surface area contributed by atoms with Gasteiger partial charge in [0, 0.05) is 25.2 Å². The van der Waals surface area contributed by atoms with Crippen LogP contribution in [0.3, 0.4) is 0 Å². The SMILES string of the molecule is Cc1cc(NC(=O)C2(O)CCN(C[C@H](O)c3ccc4c(c3C)COC4=O)CC2)sn1. The van der Waals surface area contributed by atoms with Gasteiger partial charge in [0.15, 0.2) is 0 Å². The maximum atomic E-state index is 12.5. The molecule has 1 saturated heterocycles. The summed E-state index contributed by atoms with van der Waals surface area (Å²) in [6.07, 6.45) is -0.157. The van der Waals surface area contributed by atoms with Gasteiger partial charge >= 0.3 is 5.97 Å². The van der Waals surface area contributed by atoms with E-state index in [0.29, 0.717) is 30.2 Å². The fourth-order valence-corrected chi connectivity index (χ4v) is 4.71. The Balaban J connectivity index is 1.35. The van der Waals surface area contributed by atoms with E-state index in [0.717, 1.165) is 22.4 Å². The molecule has 9 heteroatoms. The van der Waals surface area contributed by atoms with E-state index in [4.69, 9.17) is 4.74 Å². The maximum Gasteiger partial charge on any atom is 0.338 e. The Kier molecular flexibility index (Phi) is 5.63. The van der Waals surface area contributed by atoms with Crippen LogP contribution in [0.25, 0.3) is 0 Å². The fraction of sp³-hybridized carbons (Fsp3) is 0.476. The third kappa shape index (κ3) is 3.98. The van der Waals surface area contributed by atoms with Crippen LogP contribution in [0, 0.1) is 13.8 Å². The Morgan fingerprint density at radius 2 is 2.10 bits per heavy atom. The lowest BCUT2D eigenvalue weighted by Gasteiger charge is -2.37. The quantitative estimate of drug-likeness (QED) is 0.620. The van der Waals surface area contributed by atoms with Crippen molar-refractivity contribution in [1.82, 2.24) is 9.27 Å². The number of hydrogen-bond acceptors (Lipinski definition) is 8. The molecule has 8 nitrogen and oxygen atoms in total. The number of nitrogens with zero attached hydrogens (tertiary/aromatic N) is 2. The summed E-state index contributed by atoms with van der Waals surface area (Å²) in [6.45, 7) is 5.35. The zero-order valence-electron chi connectivity index (χ0n) is 17.0. The minimum absolute atomic E-state index is 0.242. The number of rotatable bonds is 5.